The molecule has 0 aliphatic rings. The van der Waals surface area contributed by atoms with Gasteiger partial charge in [0.05, 0.1) is 18.5 Å². The quantitative estimate of drug-likeness (QED) is 0.339. The van der Waals surface area contributed by atoms with Crippen molar-refractivity contribution < 1.29 is 14.8 Å². The molecular formula is C18H18BN3O3S. The van der Waals surface area contributed by atoms with Crippen LogP contribution in [0, 0.1) is 0 Å². The molecule has 0 saturated carbocycles. The fourth-order valence-electron chi connectivity index (χ4n) is 2.36. The van der Waals surface area contributed by atoms with Crippen molar-refractivity contribution in [2.24, 2.45) is 5.10 Å². The summed E-state index contributed by atoms with van der Waals surface area (Å²) in [6.07, 6.45) is 1.59. The van der Waals surface area contributed by atoms with Gasteiger partial charge in [-0.15, -0.1) is 11.3 Å². The minimum Gasteiger partial charge on any atom is -0.494 e. The predicted molar refractivity (Wildman–Crippen MR) is 106 cm³/mol. The zero-order valence-corrected chi connectivity index (χ0v) is 15.0. The second-order valence-corrected chi connectivity index (χ2v) is 6.24. The number of aromatic nitrogens is 1. The molecule has 3 N–H and O–H groups in total. The molecule has 0 unspecified atom stereocenters. The summed E-state index contributed by atoms with van der Waals surface area (Å²) in [5.74, 6) is 0.444. The number of nitrogens with zero attached hydrogens (tertiary/aromatic N) is 2. The van der Waals surface area contributed by atoms with Crippen molar-refractivity contribution in [1.82, 2.24) is 4.98 Å². The van der Waals surface area contributed by atoms with Crippen molar-refractivity contribution in [3.8, 4) is 17.0 Å². The highest BCUT2D eigenvalue weighted by Gasteiger charge is 2.17. The maximum Gasteiger partial charge on any atom is 0.492 e. The van der Waals surface area contributed by atoms with Crippen LogP contribution in [0.25, 0.3) is 11.3 Å². The third kappa shape index (κ3) is 4.48. The van der Waals surface area contributed by atoms with Gasteiger partial charge in [0.1, 0.15) is 5.75 Å². The van der Waals surface area contributed by atoms with E-state index in [0.717, 1.165) is 11.3 Å². The van der Waals surface area contributed by atoms with Gasteiger partial charge in [0.2, 0.25) is 5.13 Å². The lowest BCUT2D eigenvalue weighted by Crippen LogP contribution is -2.31. The van der Waals surface area contributed by atoms with E-state index in [4.69, 9.17) is 4.74 Å². The lowest BCUT2D eigenvalue weighted by Gasteiger charge is -2.10. The molecule has 0 atom stereocenters. The highest BCUT2D eigenvalue weighted by molar-refractivity contribution is 7.14. The minimum atomic E-state index is -1.61. The third-order valence-corrected chi connectivity index (χ3v) is 4.31. The van der Waals surface area contributed by atoms with Crippen LogP contribution in [0.2, 0.25) is 0 Å². The van der Waals surface area contributed by atoms with Gasteiger partial charge >= 0.3 is 7.12 Å². The molecule has 0 fully saturated rings. The summed E-state index contributed by atoms with van der Waals surface area (Å²) in [7, 11) is -1.61. The second kappa shape index (κ2) is 8.62. The van der Waals surface area contributed by atoms with E-state index in [1.165, 1.54) is 11.3 Å². The highest BCUT2D eigenvalue weighted by atomic mass is 32.1. The number of hydrogen-bond acceptors (Lipinski definition) is 7. The van der Waals surface area contributed by atoms with Gasteiger partial charge < -0.3 is 14.8 Å². The van der Waals surface area contributed by atoms with Crippen LogP contribution in [0.15, 0.2) is 59.0 Å². The molecule has 132 valence electrons. The fraction of sp³-hybridized carbons (Fsp3) is 0.111. The maximum absolute atomic E-state index is 9.48. The summed E-state index contributed by atoms with van der Waals surface area (Å²) < 4.78 is 5.38. The Morgan fingerprint density at radius 2 is 2.04 bits per heavy atom. The standard InChI is InChI=1S/C18H18BN3O3S/c1-2-25-17-9-8-13(10-15(17)19(23)24)11-20-22-18-21-16(12-26-18)14-6-4-3-5-7-14/h3-12,23-24H,2H2,1H3,(H,21,22). The topological polar surface area (TPSA) is 87.0 Å². The Bertz CT molecular complexity index is 884. The van der Waals surface area contributed by atoms with Gasteiger partial charge in [0.15, 0.2) is 0 Å². The molecule has 6 nitrogen and oxygen atoms in total. The van der Waals surface area contributed by atoms with Crippen LogP contribution < -0.4 is 15.6 Å². The molecule has 1 heterocycles. The molecule has 3 rings (SSSR count). The fourth-order valence-corrected chi connectivity index (χ4v) is 3.03. The van der Waals surface area contributed by atoms with Gasteiger partial charge in [-0.05, 0) is 30.7 Å². The first-order chi connectivity index (χ1) is 12.7. The first-order valence-corrected chi connectivity index (χ1v) is 8.98. The van der Waals surface area contributed by atoms with Gasteiger partial charge in [-0.3, -0.25) is 5.43 Å². The average molecular weight is 367 g/mol. The predicted octanol–water partition coefficient (Wildman–Crippen LogP) is 2.33. The van der Waals surface area contributed by atoms with E-state index < -0.39 is 7.12 Å². The molecule has 1 aromatic heterocycles. The zero-order chi connectivity index (χ0) is 18.4. The largest absolute Gasteiger partial charge is 0.494 e. The van der Waals surface area contributed by atoms with Crippen LogP contribution in [-0.4, -0.2) is 35.0 Å². The number of thiazole rings is 1. The molecule has 0 bridgehead atoms. The van der Waals surface area contributed by atoms with Crippen molar-refractivity contribution in [3.05, 3.63) is 59.5 Å². The molecule has 0 aliphatic carbocycles. The lowest BCUT2D eigenvalue weighted by molar-refractivity contribution is 0.340. The molecule has 0 spiro atoms. The Morgan fingerprint density at radius 3 is 2.77 bits per heavy atom. The van der Waals surface area contributed by atoms with Gasteiger partial charge in [0.25, 0.3) is 0 Å². The highest BCUT2D eigenvalue weighted by Crippen LogP contribution is 2.24. The van der Waals surface area contributed by atoms with Gasteiger partial charge in [0, 0.05) is 16.4 Å². The number of benzene rings is 2. The number of nitrogens with one attached hydrogen (secondary N) is 1. The molecule has 0 amide bonds. The maximum atomic E-state index is 9.48. The first kappa shape index (κ1) is 18.1. The van der Waals surface area contributed by atoms with E-state index in [1.54, 1.807) is 24.4 Å². The number of rotatable bonds is 7. The van der Waals surface area contributed by atoms with Crippen LogP contribution in [0.4, 0.5) is 5.13 Å². The van der Waals surface area contributed by atoms with E-state index in [9.17, 15) is 10.0 Å². The second-order valence-electron chi connectivity index (χ2n) is 5.38. The SMILES string of the molecule is CCOc1ccc(C=NNc2nc(-c3ccccc3)cs2)cc1B(O)O. The summed E-state index contributed by atoms with van der Waals surface area (Å²) in [5.41, 5.74) is 5.85. The van der Waals surface area contributed by atoms with Crippen LogP contribution in [0.5, 0.6) is 5.75 Å². The molecule has 0 saturated heterocycles. The van der Waals surface area contributed by atoms with E-state index in [0.29, 0.717) is 28.5 Å². The lowest BCUT2D eigenvalue weighted by atomic mass is 9.79. The Kier molecular flexibility index (Phi) is 6.01. The van der Waals surface area contributed by atoms with Crippen molar-refractivity contribution in [2.75, 3.05) is 12.0 Å². The minimum absolute atomic E-state index is 0.302. The summed E-state index contributed by atoms with van der Waals surface area (Å²) in [5, 5.41) is 25.8. The number of hydrogen-bond donors (Lipinski definition) is 3. The Morgan fingerprint density at radius 1 is 1.23 bits per heavy atom. The smallest absolute Gasteiger partial charge is 0.492 e. The van der Waals surface area contributed by atoms with Crippen molar-refractivity contribution in [3.63, 3.8) is 0 Å². The van der Waals surface area contributed by atoms with Crippen molar-refractivity contribution in [2.45, 2.75) is 6.92 Å². The molecular weight excluding hydrogens is 349 g/mol. The molecule has 0 radical (unpaired) electrons. The van der Waals surface area contributed by atoms with Crippen LogP contribution in [-0.2, 0) is 0 Å². The van der Waals surface area contributed by atoms with Gasteiger partial charge in [-0.25, -0.2) is 4.98 Å². The summed E-state index contributed by atoms with van der Waals surface area (Å²) in [6.45, 7) is 2.28. The number of anilines is 1. The van der Waals surface area contributed by atoms with Crippen molar-refractivity contribution in [1.29, 1.82) is 0 Å². The van der Waals surface area contributed by atoms with Crippen molar-refractivity contribution >= 4 is 35.3 Å². The van der Waals surface area contributed by atoms with Gasteiger partial charge in [-0.1, -0.05) is 30.3 Å². The third-order valence-electron chi connectivity index (χ3n) is 3.56. The summed E-state index contributed by atoms with van der Waals surface area (Å²) >= 11 is 1.46. The zero-order valence-electron chi connectivity index (χ0n) is 14.2. The van der Waals surface area contributed by atoms with Crippen LogP contribution in [0.3, 0.4) is 0 Å². The van der Waals surface area contributed by atoms with Gasteiger partial charge in [-0.2, -0.15) is 5.10 Å². The first-order valence-electron chi connectivity index (χ1n) is 8.10. The van der Waals surface area contributed by atoms with E-state index in [-0.39, 0.29) is 0 Å². The molecule has 0 aliphatic heterocycles. The number of ether oxygens (including phenoxy) is 1. The van der Waals surface area contributed by atoms with E-state index >= 15 is 0 Å². The molecule has 8 heteroatoms. The molecule has 3 aromatic rings. The Labute approximate surface area is 156 Å². The summed E-state index contributed by atoms with van der Waals surface area (Å²) in [6, 6.07) is 15.0. The van der Waals surface area contributed by atoms with Crippen LogP contribution in [0.1, 0.15) is 12.5 Å². The Balaban J connectivity index is 1.69. The Hall–Kier alpha value is -2.68. The molecule has 26 heavy (non-hydrogen) atoms. The van der Waals surface area contributed by atoms with E-state index in [2.05, 4.69) is 15.5 Å². The monoisotopic (exact) mass is 367 g/mol. The number of hydrazone groups is 1. The van der Waals surface area contributed by atoms with E-state index in [1.807, 2.05) is 42.6 Å². The molecule has 2 aromatic carbocycles. The van der Waals surface area contributed by atoms with Crippen LogP contribution >= 0.6 is 11.3 Å². The average Bonchev–Trinajstić information content (AvgIpc) is 3.12. The summed E-state index contributed by atoms with van der Waals surface area (Å²) in [4.78, 5) is 4.49. The normalized spacial score (nSPS) is 10.9.